The van der Waals surface area contributed by atoms with Crippen LogP contribution in [0, 0.1) is 10.1 Å². The summed E-state index contributed by atoms with van der Waals surface area (Å²) in [6, 6.07) is 6.23. The van der Waals surface area contributed by atoms with Crippen LogP contribution in [0.5, 0.6) is 0 Å². The highest BCUT2D eigenvalue weighted by atomic mass is 32.1. The molecule has 2 N–H and O–H groups in total. The first kappa shape index (κ1) is 16.3. The van der Waals surface area contributed by atoms with Crippen LogP contribution in [0.25, 0.3) is 0 Å². The SMILES string of the molecule is Cn1cncc1Cc1nc([C@@H](N)Cc2ccc([N+](=O)[O-])cc2)cs1. The van der Waals surface area contributed by atoms with E-state index >= 15 is 0 Å². The van der Waals surface area contributed by atoms with Crippen molar-refractivity contribution in [2.45, 2.75) is 18.9 Å². The molecule has 0 unspecified atom stereocenters. The number of rotatable bonds is 6. The van der Waals surface area contributed by atoms with Gasteiger partial charge in [0.2, 0.25) is 0 Å². The highest BCUT2D eigenvalue weighted by Gasteiger charge is 2.13. The first-order valence-corrected chi connectivity index (χ1v) is 8.29. The first-order valence-electron chi connectivity index (χ1n) is 7.41. The molecule has 0 aliphatic rings. The van der Waals surface area contributed by atoms with E-state index in [1.807, 2.05) is 23.2 Å². The molecule has 1 aromatic carbocycles. The minimum atomic E-state index is -0.408. The van der Waals surface area contributed by atoms with E-state index in [-0.39, 0.29) is 11.7 Å². The maximum absolute atomic E-state index is 10.7. The summed E-state index contributed by atoms with van der Waals surface area (Å²) in [5.74, 6) is 0. The van der Waals surface area contributed by atoms with E-state index < -0.39 is 4.92 Å². The molecule has 0 fully saturated rings. The molecule has 7 nitrogen and oxygen atoms in total. The van der Waals surface area contributed by atoms with Gasteiger partial charge in [-0.15, -0.1) is 11.3 Å². The predicted octanol–water partition coefficient (Wildman–Crippen LogP) is 2.62. The Balaban J connectivity index is 1.66. The second-order valence-electron chi connectivity index (χ2n) is 5.57. The third-order valence-electron chi connectivity index (χ3n) is 3.80. The number of hydrogen-bond donors (Lipinski definition) is 1. The fourth-order valence-corrected chi connectivity index (χ4v) is 3.27. The number of aryl methyl sites for hydroxylation is 1. The van der Waals surface area contributed by atoms with Crippen LogP contribution in [-0.2, 0) is 19.9 Å². The Kier molecular flexibility index (Phi) is 4.68. The van der Waals surface area contributed by atoms with Crippen LogP contribution in [0.3, 0.4) is 0 Å². The maximum Gasteiger partial charge on any atom is 0.269 e. The molecular formula is C16H17N5O2S. The van der Waals surface area contributed by atoms with E-state index in [0.717, 1.165) is 28.4 Å². The second kappa shape index (κ2) is 6.90. The van der Waals surface area contributed by atoms with Crippen molar-refractivity contribution in [3.05, 3.63) is 74.2 Å². The molecule has 0 saturated carbocycles. The van der Waals surface area contributed by atoms with E-state index in [1.54, 1.807) is 29.8 Å². The largest absolute Gasteiger partial charge is 0.337 e. The number of nitrogens with zero attached hydrogens (tertiary/aromatic N) is 4. The number of imidazole rings is 1. The molecule has 2 aromatic heterocycles. The van der Waals surface area contributed by atoms with Crippen LogP contribution in [0.2, 0.25) is 0 Å². The standard InChI is InChI=1S/C16H17N5O2S/c1-20-10-18-8-13(20)7-16-19-15(9-24-16)14(17)6-11-2-4-12(5-3-11)21(22)23/h2-5,8-10,14H,6-7,17H2,1H3/t14-/m0/s1. The van der Waals surface area contributed by atoms with Crippen LogP contribution < -0.4 is 5.73 Å². The van der Waals surface area contributed by atoms with Crippen molar-refractivity contribution in [2.75, 3.05) is 0 Å². The Morgan fingerprint density at radius 3 is 2.75 bits per heavy atom. The Morgan fingerprint density at radius 2 is 2.12 bits per heavy atom. The van der Waals surface area contributed by atoms with E-state index in [2.05, 4.69) is 9.97 Å². The normalized spacial score (nSPS) is 12.2. The van der Waals surface area contributed by atoms with Gasteiger partial charge in [0, 0.05) is 42.9 Å². The van der Waals surface area contributed by atoms with Crippen molar-refractivity contribution < 1.29 is 4.92 Å². The number of non-ortho nitro benzene ring substituents is 1. The van der Waals surface area contributed by atoms with Crippen molar-refractivity contribution in [3.8, 4) is 0 Å². The summed E-state index contributed by atoms with van der Waals surface area (Å²) in [5, 5.41) is 13.6. The lowest BCUT2D eigenvalue weighted by molar-refractivity contribution is -0.384. The topological polar surface area (TPSA) is 99.9 Å². The molecule has 3 rings (SSSR count). The zero-order valence-electron chi connectivity index (χ0n) is 13.1. The monoisotopic (exact) mass is 343 g/mol. The van der Waals surface area contributed by atoms with Gasteiger partial charge >= 0.3 is 0 Å². The van der Waals surface area contributed by atoms with Gasteiger partial charge in [-0.2, -0.15) is 0 Å². The van der Waals surface area contributed by atoms with Gasteiger partial charge in [-0.3, -0.25) is 10.1 Å². The van der Waals surface area contributed by atoms with Crippen LogP contribution in [0.4, 0.5) is 5.69 Å². The van der Waals surface area contributed by atoms with Crippen LogP contribution >= 0.6 is 11.3 Å². The van der Waals surface area contributed by atoms with E-state index in [9.17, 15) is 10.1 Å². The summed E-state index contributed by atoms with van der Waals surface area (Å²) in [7, 11) is 1.96. The quantitative estimate of drug-likeness (QED) is 0.548. The molecule has 8 heteroatoms. The molecule has 0 spiro atoms. The average Bonchev–Trinajstić information content (AvgIpc) is 3.18. The average molecular weight is 343 g/mol. The number of nitrogens with two attached hydrogens (primary N) is 1. The Labute approximate surface area is 142 Å². The van der Waals surface area contributed by atoms with Gasteiger partial charge in [0.05, 0.1) is 28.0 Å². The number of nitro benzene ring substituents is 1. The third kappa shape index (κ3) is 3.66. The lowest BCUT2D eigenvalue weighted by atomic mass is 10.0. The smallest absolute Gasteiger partial charge is 0.269 e. The van der Waals surface area contributed by atoms with Crippen molar-refractivity contribution in [2.24, 2.45) is 12.8 Å². The lowest BCUT2D eigenvalue weighted by Gasteiger charge is -2.08. The molecule has 0 aliphatic carbocycles. The lowest BCUT2D eigenvalue weighted by Crippen LogP contribution is -2.14. The third-order valence-corrected chi connectivity index (χ3v) is 4.67. The van der Waals surface area contributed by atoms with E-state index in [4.69, 9.17) is 5.73 Å². The molecule has 124 valence electrons. The van der Waals surface area contributed by atoms with Gasteiger partial charge in [0.1, 0.15) is 0 Å². The predicted molar refractivity (Wildman–Crippen MR) is 91.9 cm³/mol. The number of nitro groups is 1. The molecule has 0 amide bonds. The summed E-state index contributed by atoms with van der Waals surface area (Å²) in [6.07, 6.45) is 4.92. The molecule has 0 saturated heterocycles. The van der Waals surface area contributed by atoms with Gasteiger partial charge in [-0.25, -0.2) is 9.97 Å². The molecule has 2 heterocycles. The van der Waals surface area contributed by atoms with Crippen molar-refractivity contribution in [1.82, 2.24) is 14.5 Å². The van der Waals surface area contributed by atoms with Gasteiger partial charge in [-0.05, 0) is 12.0 Å². The fourth-order valence-electron chi connectivity index (χ4n) is 2.40. The summed E-state index contributed by atoms with van der Waals surface area (Å²) in [4.78, 5) is 19.0. The molecular weight excluding hydrogens is 326 g/mol. The molecule has 0 bridgehead atoms. The van der Waals surface area contributed by atoms with Gasteiger partial charge < -0.3 is 10.3 Å². The summed E-state index contributed by atoms with van der Waals surface area (Å²) in [6.45, 7) is 0. The van der Waals surface area contributed by atoms with Crippen LogP contribution in [0.15, 0.2) is 42.2 Å². The summed E-state index contributed by atoms with van der Waals surface area (Å²) in [5.41, 5.74) is 9.21. The minimum Gasteiger partial charge on any atom is -0.337 e. The maximum atomic E-state index is 10.7. The number of aromatic nitrogens is 3. The number of thiazole rings is 1. The molecule has 0 aliphatic heterocycles. The Bertz CT molecular complexity index is 840. The zero-order valence-corrected chi connectivity index (χ0v) is 13.9. The van der Waals surface area contributed by atoms with Crippen LogP contribution in [0.1, 0.15) is 28.0 Å². The highest BCUT2D eigenvalue weighted by Crippen LogP contribution is 2.22. The molecule has 1 atom stereocenters. The second-order valence-corrected chi connectivity index (χ2v) is 6.52. The van der Waals surface area contributed by atoms with Gasteiger partial charge in [-0.1, -0.05) is 12.1 Å². The fraction of sp³-hybridized carbons (Fsp3) is 0.250. The van der Waals surface area contributed by atoms with E-state index in [1.165, 1.54) is 12.1 Å². The molecule has 0 radical (unpaired) electrons. The highest BCUT2D eigenvalue weighted by molar-refractivity contribution is 7.09. The van der Waals surface area contributed by atoms with Crippen molar-refractivity contribution in [3.63, 3.8) is 0 Å². The van der Waals surface area contributed by atoms with E-state index in [0.29, 0.717) is 6.42 Å². The summed E-state index contributed by atoms with van der Waals surface area (Å²) < 4.78 is 1.97. The summed E-state index contributed by atoms with van der Waals surface area (Å²) >= 11 is 1.58. The first-order chi connectivity index (χ1) is 11.5. The number of benzene rings is 1. The Morgan fingerprint density at radius 1 is 1.38 bits per heavy atom. The van der Waals surface area contributed by atoms with Crippen LogP contribution in [-0.4, -0.2) is 19.5 Å². The minimum absolute atomic E-state index is 0.0828. The number of hydrogen-bond acceptors (Lipinski definition) is 6. The van der Waals surface area contributed by atoms with Crippen molar-refractivity contribution >= 4 is 17.0 Å². The molecule has 24 heavy (non-hydrogen) atoms. The van der Waals surface area contributed by atoms with Crippen molar-refractivity contribution in [1.29, 1.82) is 0 Å². The zero-order chi connectivity index (χ0) is 17.1. The Hall–Kier alpha value is -2.58. The molecule has 3 aromatic rings. The van der Waals surface area contributed by atoms with Gasteiger partial charge in [0.25, 0.3) is 5.69 Å². The van der Waals surface area contributed by atoms with Gasteiger partial charge in [0.15, 0.2) is 0 Å².